The van der Waals surface area contributed by atoms with Gasteiger partial charge >= 0.3 is 0 Å². The summed E-state index contributed by atoms with van der Waals surface area (Å²) >= 11 is 0. The first kappa shape index (κ1) is 10.7. The van der Waals surface area contributed by atoms with Gasteiger partial charge in [0.15, 0.2) is 0 Å². The predicted molar refractivity (Wildman–Crippen MR) is 63.6 cm³/mol. The molecule has 0 saturated carbocycles. The normalized spacial score (nSPS) is 10.6. The number of aromatic nitrogens is 1. The second kappa shape index (κ2) is 4.37. The van der Waals surface area contributed by atoms with Crippen LogP contribution in [0.15, 0.2) is 28.7 Å². The largest absolute Gasteiger partial charge is 0.428 e. The van der Waals surface area contributed by atoms with Crippen LogP contribution >= 0.6 is 0 Å². The molecule has 0 unspecified atom stereocenters. The molecule has 2 rings (SSSR count). The van der Waals surface area contributed by atoms with E-state index >= 15 is 0 Å². The summed E-state index contributed by atoms with van der Waals surface area (Å²) in [6.45, 7) is 2.56. The quantitative estimate of drug-likeness (QED) is 0.823. The fraction of sp³-hybridized carbons (Fsp3) is 0.250. The molecule has 1 aromatic carbocycles. The molecule has 0 amide bonds. The van der Waals surface area contributed by atoms with E-state index in [4.69, 9.17) is 15.9 Å². The van der Waals surface area contributed by atoms with E-state index in [9.17, 15) is 0 Å². The number of anilines is 1. The highest BCUT2D eigenvalue weighted by molar-refractivity contribution is 5.62. The van der Waals surface area contributed by atoms with Crippen LogP contribution in [0, 0.1) is 0 Å². The van der Waals surface area contributed by atoms with Crippen LogP contribution in [0.2, 0.25) is 0 Å². The molecule has 0 aliphatic heterocycles. The standard InChI is InChI=1S/C12H15N3O/c1-2-10-11(15-12(14)16-10)9-5-3-8(7-13)4-6-9/h3-6H,2,7,13H2,1H3,(H2,14,15). The van der Waals surface area contributed by atoms with E-state index in [2.05, 4.69) is 4.98 Å². The number of hydrogen-bond acceptors (Lipinski definition) is 4. The molecule has 16 heavy (non-hydrogen) atoms. The Morgan fingerprint density at radius 3 is 2.50 bits per heavy atom. The highest BCUT2D eigenvalue weighted by atomic mass is 16.4. The molecular formula is C12H15N3O. The van der Waals surface area contributed by atoms with Gasteiger partial charge in [-0.25, -0.2) is 0 Å². The Balaban J connectivity index is 2.41. The smallest absolute Gasteiger partial charge is 0.292 e. The topological polar surface area (TPSA) is 78.1 Å². The summed E-state index contributed by atoms with van der Waals surface area (Å²) in [6, 6.07) is 8.16. The molecule has 4 heteroatoms. The minimum absolute atomic E-state index is 0.217. The second-order valence-corrected chi connectivity index (χ2v) is 3.58. The molecule has 0 aliphatic rings. The van der Waals surface area contributed by atoms with E-state index in [0.29, 0.717) is 6.54 Å². The maximum absolute atomic E-state index is 5.55. The molecule has 1 aromatic heterocycles. The van der Waals surface area contributed by atoms with E-state index in [0.717, 1.165) is 29.0 Å². The third-order valence-electron chi connectivity index (χ3n) is 2.50. The zero-order chi connectivity index (χ0) is 11.5. The van der Waals surface area contributed by atoms with Gasteiger partial charge in [0.25, 0.3) is 6.01 Å². The first-order valence-corrected chi connectivity index (χ1v) is 5.29. The number of nitrogens with zero attached hydrogens (tertiary/aromatic N) is 1. The van der Waals surface area contributed by atoms with E-state index in [1.165, 1.54) is 0 Å². The van der Waals surface area contributed by atoms with Crippen molar-refractivity contribution in [3.63, 3.8) is 0 Å². The zero-order valence-corrected chi connectivity index (χ0v) is 9.23. The molecule has 4 nitrogen and oxygen atoms in total. The van der Waals surface area contributed by atoms with Gasteiger partial charge in [0, 0.05) is 18.5 Å². The highest BCUT2D eigenvalue weighted by Gasteiger charge is 2.11. The van der Waals surface area contributed by atoms with Crippen molar-refractivity contribution in [3.8, 4) is 11.3 Å². The lowest BCUT2D eigenvalue weighted by atomic mass is 10.1. The van der Waals surface area contributed by atoms with Crippen molar-refractivity contribution in [2.24, 2.45) is 5.73 Å². The third-order valence-corrected chi connectivity index (χ3v) is 2.50. The maximum atomic E-state index is 5.55. The maximum Gasteiger partial charge on any atom is 0.292 e. The number of nitrogen functional groups attached to an aromatic ring is 1. The molecule has 0 bridgehead atoms. The number of hydrogen-bond donors (Lipinski definition) is 2. The van der Waals surface area contributed by atoms with Gasteiger partial charge in [0.1, 0.15) is 11.5 Å². The lowest BCUT2D eigenvalue weighted by Crippen LogP contribution is -1.95. The van der Waals surface area contributed by atoms with Crippen molar-refractivity contribution in [1.82, 2.24) is 4.98 Å². The van der Waals surface area contributed by atoms with E-state index in [1.54, 1.807) is 0 Å². The first-order valence-electron chi connectivity index (χ1n) is 5.29. The van der Waals surface area contributed by atoms with Gasteiger partial charge in [-0.1, -0.05) is 31.2 Å². The van der Waals surface area contributed by atoms with Crippen molar-refractivity contribution in [1.29, 1.82) is 0 Å². The number of oxazole rings is 1. The van der Waals surface area contributed by atoms with Gasteiger partial charge in [0.2, 0.25) is 0 Å². The Hall–Kier alpha value is -1.81. The van der Waals surface area contributed by atoms with E-state index in [-0.39, 0.29) is 6.01 Å². The van der Waals surface area contributed by atoms with Crippen LogP contribution < -0.4 is 11.5 Å². The lowest BCUT2D eigenvalue weighted by Gasteiger charge is -2.00. The summed E-state index contributed by atoms with van der Waals surface area (Å²) in [7, 11) is 0. The Labute approximate surface area is 94.3 Å². The Bertz CT molecular complexity index is 474. The fourth-order valence-electron chi connectivity index (χ4n) is 1.63. The molecule has 2 aromatic rings. The van der Waals surface area contributed by atoms with Crippen molar-refractivity contribution in [2.45, 2.75) is 19.9 Å². The Morgan fingerprint density at radius 1 is 1.25 bits per heavy atom. The van der Waals surface area contributed by atoms with Gasteiger partial charge in [-0.05, 0) is 5.56 Å². The van der Waals surface area contributed by atoms with Crippen molar-refractivity contribution in [3.05, 3.63) is 35.6 Å². The molecular weight excluding hydrogens is 202 g/mol. The molecule has 0 atom stereocenters. The van der Waals surface area contributed by atoms with Crippen LogP contribution in [-0.2, 0) is 13.0 Å². The van der Waals surface area contributed by atoms with Crippen molar-refractivity contribution < 1.29 is 4.42 Å². The van der Waals surface area contributed by atoms with Crippen LogP contribution in [0.1, 0.15) is 18.2 Å². The van der Waals surface area contributed by atoms with Crippen LogP contribution in [0.4, 0.5) is 6.01 Å². The van der Waals surface area contributed by atoms with Gasteiger partial charge in [-0.15, -0.1) is 0 Å². The van der Waals surface area contributed by atoms with Gasteiger partial charge < -0.3 is 15.9 Å². The summed E-state index contributed by atoms with van der Waals surface area (Å²) in [5.41, 5.74) is 14.0. The monoisotopic (exact) mass is 217 g/mol. The minimum Gasteiger partial charge on any atom is -0.428 e. The molecule has 84 valence electrons. The lowest BCUT2D eigenvalue weighted by molar-refractivity contribution is 0.530. The van der Waals surface area contributed by atoms with Crippen molar-refractivity contribution in [2.75, 3.05) is 5.73 Å². The number of nitrogens with two attached hydrogens (primary N) is 2. The first-order chi connectivity index (χ1) is 7.74. The van der Waals surface area contributed by atoms with Gasteiger partial charge in [0.05, 0.1) is 0 Å². The number of benzene rings is 1. The summed E-state index contributed by atoms with van der Waals surface area (Å²) in [5, 5.41) is 0. The summed E-state index contributed by atoms with van der Waals surface area (Å²) in [4.78, 5) is 4.19. The van der Waals surface area contributed by atoms with Crippen LogP contribution in [-0.4, -0.2) is 4.98 Å². The highest BCUT2D eigenvalue weighted by Crippen LogP contribution is 2.25. The molecule has 0 saturated heterocycles. The van der Waals surface area contributed by atoms with Gasteiger partial charge in [-0.3, -0.25) is 0 Å². The molecule has 1 heterocycles. The van der Waals surface area contributed by atoms with Crippen LogP contribution in [0.5, 0.6) is 0 Å². The average Bonchev–Trinajstić information content (AvgIpc) is 2.70. The summed E-state index contributed by atoms with van der Waals surface area (Å²) < 4.78 is 5.32. The zero-order valence-electron chi connectivity index (χ0n) is 9.23. The SMILES string of the molecule is CCc1oc(N)nc1-c1ccc(CN)cc1. The Morgan fingerprint density at radius 2 is 1.94 bits per heavy atom. The van der Waals surface area contributed by atoms with E-state index < -0.39 is 0 Å². The number of rotatable bonds is 3. The molecule has 0 spiro atoms. The minimum atomic E-state index is 0.217. The molecule has 4 N–H and O–H groups in total. The van der Waals surface area contributed by atoms with Crippen molar-refractivity contribution >= 4 is 6.01 Å². The average molecular weight is 217 g/mol. The van der Waals surface area contributed by atoms with Crippen LogP contribution in [0.25, 0.3) is 11.3 Å². The fourth-order valence-corrected chi connectivity index (χ4v) is 1.63. The Kier molecular flexibility index (Phi) is 2.92. The summed E-state index contributed by atoms with van der Waals surface area (Å²) in [5.74, 6) is 0.818. The molecule has 0 aliphatic carbocycles. The molecule has 0 radical (unpaired) electrons. The van der Waals surface area contributed by atoms with E-state index in [1.807, 2.05) is 31.2 Å². The molecule has 0 fully saturated rings. The summed E-state index contributed by atoms with van der Waals surface area (Å²) in [6.07, 6.45) is 0.776. The third kappa shape index (κ3) is 1.92. The van der Waals surface area contributed by atoms with Crippen LogP contribution in [0.3, 0.4) is 0 Å². The number of aryl methyl sites for hydroxylation is 1. The second-order valence-electron chi connectivity index (χ2n) is 3.58. The van der Waals surface area contributed by atoms with Gasteiger partial charge in [-0.2, -0.15) is 4.98 Å². The predicted octanol–water partition coefficient (Wildman–Crippen LogP) is 1.94.